The van der Waals surface area contributed by atoms with Gasteiger partial charge in [-0.1, -0.05) is 30.3 Å². The molecular weight excluding hydrogens is 318 g/mol. The Morgan fingerprint density at radius 2 is 2.00 bits per heavy atom. The minimum Gasteiger partial charge on any atom is -0.387 e. The van der Waals surface area contributed by atoms with Crippen molar-refractivity contribution >= 4 is 11.5 Å². The molecule has 3 heterocycles. The molecule has 0 radical (unpaired) electrons. The molecule has 25 heavy (non-hydrogen) atoms. The van der Waals surface area contributed by atoms with E-state index in [2.05, 4.69) is 37.3 Å². The van der Waals surface area contributed by atoms with E-state index in [0.717, 1.165) is 31.0 Å². The summed E-state index contributed by atoms with van der Waals surface area (Å²) in [6.45, 7) is 5.40. The second kappa shape index (κ2) is 6.73. The van der Waals surface area contributed by atoms with Crippen molar-refractivity contribution in [3.8, 4) is 0 Å². The Hall–Kier alpha value is -2.58. The van der Waals surface area contributed by atoms with Gasteiger partial charge in [-0.3, -0.25) is 4.90 Å². The van der Waals surface area contributed by atoms with E-state index in [-0.39, 0.29) is 0 Å². The predicted octanol–water partition coefficient (Wildman–Crippen LogP) is 0.763. The summed E-state index contributed by atoms with van der Waals surface area (Å²) in [5.74, 6) is 0.870. The van der Waals surface area contributed by atoms with Crippen LogP contribution in [0.2, 0.25) is 0 Å². The summed E-state index contributed by atoms with van der Waals surface area (Å²) in [4.78, 5) is 4.56. The van der Waals surface area contributed by atoms with Crippen LogP contribution >= 0.6 is 0 Å². The van der Waals surface area contributed by atoms with Crippen molar-refractivity contribution in [3.05, 3.63) is 48.0 Å². The Labute approximate surface area is 145 Å². The third kappa shape index (κ3) is 3.31. The summed E-state index contributed by atoms with van der Waals surface area (Å²) >= 11 is 0. The fourth-order valence-electron chi connectivity index (χ4n) is 3.29. The molecule has 1 aliphatic heterocycles. The van der Waals surface area contributed by atoms with Crippen molar-refractivity contribution < 1.29 is 5.11 Å². The van der Waals surface area contributed by atoms with Crippen molar-refractivity contribution in [2.24, 2.45) is 0 Å². The standard InChI is InChI=1S/C17H21N7O/c1-13-11-23(17-8-7-16-18-20-21-24(16)19-17)10-9-22(13)12-15(25)14-5-3-2-4-6-14/h2-8,13,15,25H,9-12H2,1H3/t13-,15-/m1/s1. The Morgan fingerprint density at radius 1 is 1.16 bits per heavy atom. The molecule has 3 aromatic rings. The highest BCUT2D eigenvalue weighted by Gasteiger charge is 2.26. The van der Waals surface area contributed by atoms with E-state index in [1.807, 2.05) is 42.5 Å². The number of aliphatic hydroxyl groups is 1. The summed E-state index contributed by atoms with van der Waals surface area (Å²) in [5.41, 5.74) is 1.60. The maximum Gasteiger partial charge on any atom is 0.200 e. The Balaban J connectivity index is 1.41. The maximum atomic E-state index is 10.5. The van der Waals surface area contributed by atoms with Gasteiger partial charge in [-0.2, -0.15) is 0 Å². The lowest BCUT2D eigenvalue weighted by Crippen LogP contribution is -2.53. The predicted molar refractivity (Wildman–Crippen MR) is 93.2 cm³/mol. The van der Waals surface area contributed by atoms with Gasteiger partial charge in [0.15, 0.2) is 11.5 Å². The number of hydrogen-bond donors (Lipinski definition) is 1. The fraction of sp³-hybridized carbons (Fsp3) is 0.412. The van der Waals surface area contributed by atoms with Crippen LogP contribution in [0.3, 0.4) is 0 Å². The summed E-state index contributed by atoms with van der Waals surface area (Å²) in [7, 11) is 0. The smallest absolute Gasteiger partial charge is 0.200 e. The molecule has 8 heteroatoms. The molecule has 8 nitrogen and oxygen atoms in total. The van der Waals surface area contributed by atoms with E-state index >= 15 is 0 Å². The van der Waals surface area contributed by atoms with Crippen LogP contribution in [0, 0.1) is 0 Å². The van der Waals surface area contributed by atoms with Gasteiger partial charge in [-0.25, -0.2) is 0 Å². The van der Waals surface area contributed by atoms with Crippen LogP contribution in [-0.4, -0.2) is 67.5 Å². The van der Waals surface area contributed by atoms with E-state index in [0.29, 0.717) is 18.2 Å². The molecule has 130 valence electrons. The third-order valence-corrected chi connectivity index (χ3v) is 4.74. The van der Waals surface area contributed by atoms with Crippen molar-refractivity contribution in [1.82, 2.24) is 30.2 Å². The molecule has 1 aliphatic rings. The first-order valence-electron chi connectivity index (χ1n) is 8.48. The lowest BCUT2D eigenvalue weighted by molar-refractivity contribution is 0.0848. The molecule has 1 N–H and O–H groups in total. The largest absolute Gasteiger partial charge is 0.387 e. The number of aromatic nitrogens is 5. The molecule has 0 saturated carbocycles. The summed E-state index contributed by atoms with van der Waals surface area (Å²) in [6, 6.07) is 14.0. The minimum atomic E-state index is -0.467. The molecule has 4 rings (SSSR count). The highest BCUT2D eigenvalue weighted by atomic mass is 16.3. The van der Waals surface area contributed by atoms with Gasteiger partial charge in [-0.15, -0.1) is 14.8 Å². The molecule has 0 bridgehead atoms. The number of β-amino-alcohol motifs (C(OH)–C–C–N with tert-alkyl or cyclic N) is 1. The quantitative estimate of drug-likeness (QED) is 0.751. The normalized spacial score (nSPS) is 20.1. The number of piperazine rings is 1. The van der Waals surface area contributed by atoms with E-state index in [9.17, 15) is 5.11 Å². The van der Waals surface area contributed by atoms with Crippen LogP contribution in [0.5, 0.6) is 0 Å². The van der Waals surface area contributed by atoms with Crippen LogP contribution < -0.4 is 4.90 Å². The van der Waals surface area contributed by atoms with Gasteiger partial charge in [0.2, 0.25) is 0 Å². The molecule has 1 fully saturated rings. The lowest BCUT2D eigenvalue weighted by atomic mass is 10.1. The van der Waals surface area contributed by atoms with Gasteiger partial charge >= 0.3 is 0 Å². The van der Waals surface area contributed by atoms with Crippen LogP contribution in [0.15, 0.2) is 42.5 Å². The topological polar surface area (TPSA) is 82.7 Å². The SMILES string of the molecule is C[C@@H]1CN(c2ccc3nnnn3n2)CCN1C[C@@H](O)c1ccccc1. The van der Waals surface area contributed by atoms with Crippen molar-refractivity contribution in [2.45, 2.75) is 19.1 Å². The molecule has 1 saturated heterocycles. The van der Waals surface area contributed by atoms with E-state index in [1.165, 1.54) is 4.63 Å². The monoisotopic (exact) mass is 339 g/mol. The number of anilines is 1. The number of hydrogen-bond acceptors (Lipinski definition) is 7. The molecule has 2 atom stereocenters. The molecule has 0 spiro atoms. The average Bonchev–Trinajstić information content (AvgIpc) is 3.12. The number of aliphatic hydroxyl groups excluding tert-OH is 1. The second-order valence-corrected chi connectivity index (χ2v) is 6.43. The van der Waals surface area contributed by atoms with Crippen molar-refractivity contribution in [3.63, 3.8) is 0 Å². The lowest BCUT2D eigenvalue weighted by Gasteiger charge is -2.41. The Bertz CT molecular complexity index is 837. The molecule has 0 amide bonds. The van der Waals surface area contributed by atoms with Gasteiger partial charge in [-0.05, 0) is 35.0 Å². The van der Waals surface area contributed by atoms with Gasteiger partial charge in [0.05, 0.1) is 6.10 Å². The number of tetrazole rings is 1. The first-order valence-corrected chi connectivity index (χ1v) is 8.48. The fourth-order valence-corrected chi connectivity index (χ4v) is 3.29. The number of fused-ring (bicyclic) bond motifs is 1. The van der Waals surface area contributed by atoms with E-state index in [1.54, 1.807) is 0 Å². The highest BCUT2D eigenvalue weighted by Crippen LogP contribution is 2.20. The zero-order chi connectivity index (χ0) is 17.2. The van der Waals surface area contributed by atoms with Gasteiger partial charge in [0.25, 0.3) is 0 Å². The first kappa shape index (κ1) is 15.9. The van der Waals surface area contributed by atoms with Crippen LogP contribution in [0.4, 0.5) is 5.82 Å². The molecule has 0 aliphatic carbocycles. The molecule has 1 aromatic carbocycles. The molecular formula is C17H21N7O. The number of nitrogens with zero attached hydrogens (tertiary/aromatic N) is 7. The van der Waals surface area contributed by atoms with Crippen LogP contribution in [0.1, 0.15) is 18.6 Å². The molecule has 0 unspecified atom stereocenters. The van der Waals surface area contributed by atoms with E-state index < -0.39 is 6.10 Å². The van der Waals surface area contributed by atoms with Gasteiger partial charge in [0.1, 0.15) is 0 Å². The minimum absolute atomic E-state index is 0.318. The van der Waals surface area contributed by atoms with Gasteiger partial charge < -0.3 is 10.0 Å². The van der Waals surface area contributed by atoms with Gasteiger partial charge in [0, 0.05) is 32.2 Å². The zero-order valence-corrected chi connectivity index (χ0v) is 14.1. The van der Waals surface area contributed by atoms with Crippen molar-refractivity contribution in [2.75, 3.05) is 31.1 Å². The summed E-state index contributed by atoms with van der Waals surface area (Å²) < 4.78 is 1.45. The summed E-state index contributed by atoms with van der Waals surface area (Å²) in [6.07, 6.45) is -0.467. The second-order valence-electron chi connectivity index (χ2n) is 6.43. The zero-order valence-electron chi connectivity index (χ0n) is 14.1. The Morgan fingerprint density at radius 3 is 2.80 bits per heavy atom. The first-order chi connectivity index (χ1) is 12.2. The maximum absolute atomic E-state index is 10.5. The summed E-state index contributed by atoms with van der Waals surface area (Å²) in [5, 5.41) is 26.3. The van der Waals surface area contributed by atoms with Crippen LogP contribution in [-0.2, 0) is 0 Å². The molecule has 2 aromatic heterocycles. The highest BCUT2D eigenvalue weighted by molar-refractivity contribution is 5.44. The number of benzene rings is 1. The third-order valence-electron chi connectivity index (χ3n) is 4.74. The number of rotatable bonds is 4. The van der Waals surface area contributed by atoms with Crippen molar-refractivity contribution in [1.29, 1.82) is 0 Å². The Kier molecular flexibility index (Phi) is 4.29. The van der Waals surface area contributed by atoms with Crippen LogP contribution in [0.25, 0.3) is 5.65 Å². The van der Waals surface area contributed by atoms with E-state index in [4.69, 9.17) is 0 Å². The average molecular weight is 339 g/mol.